The molecule has 1 heterocycles. The first-order valence-electron chi connectivity index (χ1n) is 9.90. The molecule has 8 heteroatoms. The van der Waals surface area contributed by atoms with Gasteiger partial charge in [0.2, 0.25) is 5.91 Å². The van der Waals surface area contributed by atoms with Crippen LogP contribution in [0.5, 0.6) is 11.5 Å². The standard InChI is InChI=1S/C25H19N3O5/c29-21-11-5-15(13-23(21)31)6-12-24(32)26-17-9-7-16(8-10-17)22(30)14-20-25(33)28-19-4-2-1-3-18(19)27-20/h1-14,29-31H,(H,26,32)(H,28,33)/b12-6+,22-14-. The summed E-state index contributed by atoms with van der Waals surface area (Å²) in [5.74, 6) is -1.06. The minimum Gasteiger partial charge on any atom is -0.507 e. The van der Waals surface area contributed by atoms with Gasteiger partial charge in [0, 0.05) is 23.4 Å². The molecule has 0 saturated heterocycles. The first-order valence-corrected chi connectivity index (χ1v) is 9.90. The largest absolute Gasteiger partial charge is 0.507 e. The van der Waals surface area contributed by atoms with Gasteiger partial charge in [0.05, 0.1) is 11.0 Å². The Bertz CT molecular complexity index is 1450. The van der Waals surface area contributed by atoms with Crippen LogP contribution < -0.4 is 10.9 Å². The van der Waals surface area contributed by atoms with Crippen molar-refractivity contribution in [3.63, 3.8) is 0 Å². The normalized spacial score (nSPS) is 11.7. The number of benzene rings is 3. The summed E-state index contributed by atoms with van der Waals surface area (Å²) in [6.07, 6.45) is 4.06. The van der Waals surface area contributed by atoms with Gasteiger partial charge in [-0.1, -0.05) is 18.2 Å². The number of anilines is 1. The van der Waals surface area contributed by atoms with Gasteiger partial charge in [-0.05, 0) is 60.2 Å². The molecule has 0 unspecified atom stereocenters. The number of nitrogens with one attached hydrogen (secondary N) is 2. The summed E-state index contributed by atoms with van der Waals surface area (Å²) in [5.41, 5.74) is 2.35. The topological polar surface area (TPSA) is 136 Å². The Morgan fingerprint density at radius 2 is 1.73 bits per heavy atom. The second-order valence-electron chi connectivity index (χ2n) is 7.15. The molecule has 8 nitrogen and oxygen atoms in total. The Morgan fingerprint density at radius 3 is 2.48 bits per heavy atom. The number of H-pyrrole nitrogens is 1. The highest BCUT2D eigenvalue weighted by atomic mass is 16.3. The van der Waals surface area contributed by atoms with Crippen molar-refractivity contribution in [2.75, 3.05) is 5.32 Å². The van der Waals surface area contributed by atoms with Gasteiger partial charge in [-0.25, -0.2) is 4.98 Å². The fourth-order valence-corrected chi connectivity index (χ4v) is 3.08. The van der Waals surface area contributed by atoms with Crippen LogP contribution in [0.2, 0.25) is 0 Å². The van der Waals surface area contributed by atoms with Crippen LogP contribution in [0.3, 0.4) is 0 Å². The summed E-state index contributed by atoms with van der Waals surface area (Å²) in [7, 11) is 0. The summed E-state index contributed by atoms with van der Waals surface area (Å²) in [6.45, 7) is 0. The van der Waals surface area contributed by atoms with E-state index in [2.05, 4.69) is 15.3 Å². The molecule has 0 aliphatic heterocycles. The van der Waals surface area contributed by atoms with E-state index in [4.69, 9.17) is 0 Å². The number of aromatic hydroxyl groups is 2. The number of phenols is 2. The third-order valence-electron chi connectivity index (χ3n) is 4.77. The highest BCUT2D eigenvalue weighted by Gasteiger charge is 2.07. The Morgan fingerprint density at radius 1 is 0.970 bits per heavy atom. The average Bonchev–Trinajstić information content (AvgIpc) is 2.81. The maximum Gasteiger partial charge on any atom is 0.274 e. The van der Waals surface area contributed by atoms with E-state index in [1.54, 1.807) is 54.6 Å². The molecule has 0 fully saturated rings. The molecule has 0 bridgehead atoms. The molecule has 5 N–H and O–H groups in total. The number of aromatic amines is 1. The third kappa shape index (κ3) is 5.08. The molecule has 4 rings (SSSR count). The predicted octanol–water partition coefficient (Wildman–Crippen LogP) is 4.04. The summed E-state index contributed by atoms with van der Waals surface area (Å²) >= 11 is 0. The zero-order valence-electron chi connectivity index (χ0n) is 17.2. The maximum atomic E-state index is 12.2. The van der Waals surface area contributed by atoms with Crippen molar-refractivity contribution >= 4 is 40.5 Å². The smallest absolute Gasteiger partial charge is 0.274 e. The zero-order chi connectivity index (χ0) is 23.4. The molecule has 0 aliphatic carbocycles. The van der Waals surface area contributed by atoms with Gasteiger partial charge < -0.3 is 25.6 Å². The van der Waals surface area contributed by atoms with E-state index in [1.807, 2.05) is 0 Å². The van der Waals surface area contributed by atoms with Crippen LogP contribution in [0, 0.1) is 0 Å². The van der Waals surface area contributed by atoms with E-state index in [0.29, 0.717) is 27.8 Å². The molecule has 33 heavy (non-hydrogen) atoms. The molecule has 0 atom stereocenters. The molecular formula is C25H19N3O5. The fourth-order valence-electron chi connectivity index (χ4n) is 3.08. The molecular weight excluding hydrogens is 422 g/mol. The number of hydrogen-bond acceptors (Lipinski definition) is 6. The zero-order valence-corrected chi connectivity index (χ0v) is 17.2. The molecule has 1 amide bonds. The molecule has 0 spiro atoms. The van der Waals surface area contributed by atoms with Gasteiger partial charge in [0.25, 0.3) is 5.56 Å². The lowest BCUT2D eigenvalue weighted by Gasteiger charge is -2.05. The fraction of sp³-hybridized carbons (Fsp3) is 0. The second-order valence-corrected chi connectivity index (χ2v) is 7.15. The molecule has 4 aromatic rings. The van der Waals surface area contributed by atoms with Gasteiger partial charge in [0.1, 0.15) is 11.5 Å². The van der Waals surface area contributed by atoms with Crippen LogP contribution in [0.4, 0.5) is 5.69 Å². The van der Waals surface area contributed by atoms with E-state index in [0.717, 1.165) is 0 Å². The number of aromatic nitrogens is 2. The van der Waals surface area contributed by atoms with E-state index in [-0.39, 0.29) is 23.0 Å². The number of aliphatic hydroxyl groups excluding tert-OH is 1. The summed E-state index contributed by atoms with van der Waals surface area (Å²) < 4.78 is 0. The predicted molar refractivity (Wildman–Crippen MR) is 127 cm³/mol. The SMILES string of the molecule is O=C(/C=C/c1ccc(O)c(O)c1)Nc1ccc(/C(O)=C/c2nc3ccccc3[nH]c2=O)cc1. The number of aliphatic hydroxyl groups is 1. The molecule has 0 aliphatic rings. The van der Waals surface area contributed by atoms with Crippen molar-refractivity contribution in [3.05, 3.63) is 100.0 Å². The number of hydrogen-bond donors (Lipinski definition) is 5. The van der Waals surface area contributed by atoms with Crippen molar-refractivity contribution in [1.29, 1.82) is 0 Å². The Labute approximate surface area is 187 Å². The van der Waals surface area contributed by atoms with Crippen molar-refractivity contribution in [2.24, 2.45) is 0 Å². The van der Waals surface area contributed by atoms with Gasteiger partial charge in [-0.2, -0.15) is 0 Å². The van der Waals surface area contributed by atoms with Crippen molar-refractivity contribution in [3.8, 4) is 11.5 Å². The van der Waals surface area contributed by atoms with Crippen LogP contribution in [0.15, 0.2) is 77.6 Å². The molecule has 0 saturated carbocycles. The summed E-state index contributed by atoms with van der Waals surface area (Å²) in [6, 6.07) is 17.7. The summed E-state index contributed by atoms with van der Waals surface area (Å²) in [5, 5.41) is 31.9. The molecule has 0 radical (unpaired) electrons. The van der Waals surface area contributed by atoms with Crippen molar-refractivity contribution < 1.29 is 20.1 Å². The number of rotatable bonds is 5. The number of phenolic OH excluding ortho intramolecular Hbond substituents is 2. The Kier molecular flexibility index (Phi) is 5.90. The quantitative estimate of drug-likeness (QED) is 0.180. The van der Waals surface area contributed by atoms with Crippen LogP contribution in [0.1, 0.15) is 16.8 Å². The number of amides is 1. The lowest BCUT2D eigenvalue weighted by molar-refractivity contribution is -0.111. The minimum atomic E-state index is -0.419. The van der Waals surface area contributed by atoms with Crippen molar-refractivity contribution in [1.82, 2.24) is 9.97 Å². The van der Waals surface area contributed by atoms with Crippen molar-refractivity contribution in [2.45, 2.75) is 0 Å². The Hall–Kier alpha value is -4.85. The molecule has 164 valence electrons. The highest BCUT2D eigenvalue weighted by Crippen LogP contribution is 2.25. The third-order valence-corrected chi connectivity index (χ3v) is 4.77. The van der Waals surface area contributed by atoms with Gasteiger partial charge in [-0.15, -0.1) is 0 Å². The van der Waals surface area contributed by atoms with Crippen LogP contribution in [-0.4, -0.2) is 31.2 Å². The lowest BCUT2D eigenvalue weighted by atomic mass is 10.1. The number of fused-ring (bicyclic) bond motifs is 1. The Balaban J connectivity index is 1.46. The number of carbonyl (C=O) groups excluding carboxylic acids is 1. The monoisotopic (exact) mass is 441 g/mol. The van der Waals surface area contributed by atoms with Crippen LogP contribution in [0.25, 0.3) is 28.9 Å². The van der Waals surface area contributed by atoms with E-state index in [9.17, 15) is 24.9 Å². The second kappa shape index (κ2) is 9.11. The minimum absolute atomic E-state index is 0.0778. The maximum absolute atomic E-state index is 12.2. The first kappa shape index (κ1) is 21.4. The number of para-hydroxylation sites is 2. The van der Waals surface area contributed by atoms with Crippen LogP contribution >= 0.6 is 0 Å². The molecule has 3 aromatic carbocycles. The van der Waals surface area contributed by atoms with E-state index >= 15 is 0 Å². The number of nitrogens with zero attached hydrogens (tertiary/aromatic N) is 1. The van der Waals surface area contributed by atoms with E-state index < -0.39 is 11.5 Å². The summed E-state index contributed by atoms with van der Waals surface area (Å²) in [4.78, 5) is 31.3. The van der Waals surface area contributed by atoms with Gasteiger partial charge in [-0.3, -0.25) is 9.59 Å². The van der Waals surface area contributed by atoms with Crippen LogP contribution in [-0.2, 0) is 4.79 Å². The molecule has 1 aromatic heterocycles. The van der Waals surface area contributed by atoms with Gasteiger partial charge in [0.15, 0.2) is 11.5 Å². The van der Waals surface area contributed by atoms with E-state index in [1.165, 1.54) is 30.4 Å². The number of carbonyl (C=O) groups is 1. The van der Waals surface area contributed by atoms with Gasteiger partial charge >= 0.3 is 0 Å². The highest BCUT2D eigenvalue weighted by molar-refractivity contribution is 6.02. The average molecular weight is 441 g/mol. The lowest BCUT2D eigenvalue weighted by Crippen LogP contribution is -2.12. The first-order chi connectivity index (χ1) is 15.9.